The second-order valence-electron chi connectivity index (χ2n) is 4.88. The van der Waals surface area contributed by atoms with Crippen molar-refractivity contribution in [2.75, 3.05) is 11.2 Å². The highest BCUT2D eigenvalue weighted by Crippen LogP contribution is 2.24. The van der Waals surface area contributed by atoms with Crippen LogP contribution < -0.4 is 5.32 Å². The first-order valence-corrected chi connectivity index (χ1v) is 6.53. The Bertz CT molecular complexity index is 495. The molecule has 104 valence electrons. The van der Waals surface area contributed by atoms with Crippen molar-refractivity contribution in [1.82, 2.24) is 0 Å². The summed E-state index contributed by atoms with van der Waals surface area (Å²) in [4.78, 5) is 23.0. The van der Waals surface area contributed by atoms with Crippen LogP contribution in [0.2, 0.25) is 5.02 Å². The standard InChI is InChI=1S/C13H15Cl2NO3/c1-13(2,3)19-12(18)16-10-5-4-8(6-9(10)15)11(17)7-14/h4-6H,7H2,1-3H3,(H,16,18). The van der Waals surface area contributed by atoms with Crippen LogP contribution in [0.5, 0.6) is 0 Å². The molecular formula is C13H15Cl2NO3. The van der Waals surface area contributed by atoms with Gasteiger partial charge >= 0.3 is 6.09 Å². The quantitative estimate of drug-likeness (QED) is 0.675. The van der Waals surface area contributed by atoms with Crippen LogP contribution in [0.25, 0.3) is 0 Å². The summed E-state index contributed by atoms with van der Waals surface area (Å²) in [5, 5.41) is 2.77. The van der Waals surface area contributed by atoms with Gasteiger partial charge in [-0.25, -0.2) is 4.79 Å². The van der Waals surface area contributed by atoms with Crippen molar-refractivity contribution in [2.45, 2.75) is 26.4 Å². The molecule has 1 aromatic carbocycles. The Morgan fingerprint density at radius 3 is 2.42 bits per heavy atom. The summed E-state index contributed by atoms with van der Waals surface area (Å²) in [7, 11) is 0. The van der Waals surface area contributed by atoms with Crippen molar-refractivity contribution < 1.29 is 14.3 Å². The van der Waals surface area contributed by atoms with Gasteiger partial charge in [0.25, 0.3) is 0 Å². The zero-order valence-electron chi connectivity index (χ0n) is 10.9. The molecule has 0 aromatic heterocycles. The van der Waals surface area contributed by atoms with Crippen molar-refractivity contribution in [3.63, 3.8) is 0 Å². The number of amides is 1. The van der Waals surface area contributed by atoms with Crippen molar-refractivity contribution in [3.05, 3.63) is 28.8 Å². The number of ketones is 1. The van der Waals surface area contributed by atoms with Gasteiger partial charge in [-0.15, -0.1) is 11.6 Å². The summed E-state index contributed by atoms with van der Waals surface area (Å²) in [6.07, 6.45) is -0.606. The number of hydrogen-bond donors (Lipinski definition) is 1. The van der Waals surface area contributed by atoms with Crippen molar-refractivity contribution >= 4 is 40.8 Å². The maximum atomic E-state index is 11.6. The molecule has 1 N–H and O–H groups in total. The van der Waals surface area contributed by atoms with Gasteiger partial charge in [-0.05, 0) is 39.0 Å². The molecule has 1 aromatic rings. The third kappa shape index (κ3) is 5.09. The monoisotopic (exact) mass is 303 g/mol. The third-order valence-electron chi connectivity index (χ3n) is 2.05. The average Bonchev–Trinajstić information content (AvgIpc) is 2.28. The maximum Gasteiger partial charge on any atom is 0.412 e. The number of hydrogen-bond acceptors (Lipinski definition) is 3. The van der Waals surface area contributed by atoms with Gasteiger partial charge in [0.1, 0.15) is 5.60 Å². The van der Waals surface area contributed by atoms with Crippen LogP contribution >= 0.6 is 23.2 Å². The number of anilines is 1. The largest absolute Gasteiger partial charge is 0.444 e. The van der Waals surface area contributed by atoms with Gasteiger partial charge in [0.2, 0.25) is 0 Å². The molecule has 0 bridgehead atoms. The average molecular weight is 304 g/mol. The highest BCUT2D eigenvalue weighted by Gasteiger charge is 2.17. The lowest BCUT2D eigenvalue weighted by molar-refractivity contribution is 0.0636. The first kappa shape index (κ1) is 15.8. The Balaban J connectivity index is 2.81. The molecule has 0 radical (unpaired) electrons. The fraction of sp³-hybridized carbons (Fsp3) is 0.385. The number of nitrogens with one attached hydrogen (secondary N) is 1. The zero-order valence-corrected chi connectivity index (χ0v) is 12.4. The molecule has 19 heavy (non-hydrogen) atoms. The molecular weight excluding hydrogens is 289 g/mol. The number of carbonyl (C=O) groups excluding carboxylic acids is 2. The minimum atomic E-state index is -0.606. The van der Waals surface area contributed by atoms with Gasteiger partial charge in [0.05, 0.1) is 16.6 Å². The van der Waals surface area contributed by atoms with E-state index >= 15 is 0 Å². The summed E-state index contributed by atoms with van der Waals surface area (Å²) in [5.41, 5.74) is 0.183. The molecule has 0 fully saturated rings. The lowest BCUT2D eigenvalue weighted by Crippen LogP contribution is -2.27. The van der Waals surface area contributed by atoms with Crippen LogP contribution in [0.3, 0.4) is 0 Å². The Morgan fingerprint density at radius 1 is 1.32 bits per heavy atom. The van der Waals surface area contributed by atoms with Crippen LogP contribution in [0, 0.1) is 0 Å². The van der Waals surface area contributed by atoms with Crippen molar-refractivity contribution in [1.29, 1.82) is 0 Å². The molecule has 0 aliphatic rings. The molecule has 6 heteroatoms. The summed E-state index contributed by atoms with van der Waals surface area (Å²) in [5.74, 6) is -0.345. The smallest absolute Gasteiger partial charge is 0.412 e. The number of halogens is 2. The lowest BCUT2D eigenvalue weighted by Gasteiger charge is -2.20. The molecule has 0 atom stereocenters. The topological polar surface area (TPSA) is 55.4 Å². The molecule has 0 spiro atoms. The van der Waals surface area contributed by atoms with E-state index in [0.717, 1.165) is 0 Å². The molecule has 0 aliphatic heterocycles. The van der Waals surface area contributed by atoms with E-state index in [4.69, 9.17) is 27.9 Å². The summed E-state index contributed by atoms with van der Waals surface area (Å²) >= 11 is 11.4. The Hall–Kier alpha value is -1.26. The number of carbonyl (C=O) groups is 2. The number of alkyl halides is 1. The number of rotatable bonds is 3. The van der Waals surface area contributed by atoms with E-state index in [1.165, 1.54) is 12.1 Å². The Morgan fingerprint density at radius 2 is 1.95 bits per heavy atom. The van der Waals surface area contributed by atoms with Crippen LogP contribution in [0.1, 0.15) is 31.1 Å². The highest BCUT2D eigenvalue weighted by molar-refractivity contribution is 6.35. The van der Waals surface area contributed by atoms with Crippen LogP contribution in [-0.4, -0.2) is 23.4 Å². The van der Waals surface area contributed by atoms with Crippen LogP contribution in [0.15, 0.2) is 18.2 Å². The maximum absolute atomic E-state index is 11.6. The van der Waals surface area contributed by atoms with Gasteiger partial charge < -0.3 is 4.74 Å². The molecule has 0 heterocycles. The highest BCUT2D eigenvalue weighted by atomic mass is 35.5. The lowest BCUT2D eigenvalue weighted by atomic mass is 10.1. The Labute approximate surface area is 122 Å². The SMILES string of the molecule is CC(C)(C)OC(=O)Nc1ccc(C(=O)CCl)cc1Cl. The first-order chi connectivity index (χ1) is 8.73. The van der Waals surface area contributed by atoms with E-state index in [2.05, 4.69) is 5.32 Å². The zero-order chi connectivity index (χ0) is 14.6. The van der Waals surface area contributed by atoms with E-state index in [-0.39, 0.29) is 16.7 Å². The van der Waals surface area contributed by atoms with Crippen molar-refractivity contribution in [3.8, 4) is 0 Å². The van der Waals surface area contributed by atoms with Gasteiger partial charge in [-0.1, -0.05) is 11.6 Å². The molecule has 0 aliphatic carbocycles. The van der Waals surface area contributed by atoms with Gasteiger partial charge in [-0.3, -0.25) is 10.1 Å². The minimum absolute atomic E-state index is 0.116. The fourth-order valence-corrected chi connectivity index (χ4v) is 1.66. The molecule has 0 unspecified atom stereocenters. The van der Waals surface area contributed by atoms with Gasteiger partial charge in [-0.2, -0.15) is 0 Å². The van der Waals surface area contributed by atoms with Gasteiger partial charge in [0.15, 0.2) is 5.78 Å². The predicted molar refractivity (Wildman–Crippen MR) is 76.4 cm³/mol. The second kappa shape index (κ2) is 6.26. The van der Waals surface area contributed by atoms with E-state index in [0.29, 0.717) is 11.3 Å². The first-order valence-electron chi connectivity index (χ1n) is 5.61. The molecule has 0 saturated carbocycles. The van der Waals surface area contributed by atoms with Crippen LogP contribution in [-0.2, 0) is 4.74 Å². The molecule has 1 amide bonds. The van der Waals surface area contributed by atoms with Crippen molar-refractivity contribution in [2.24, 2.45) is 0 Å². The minimum Gasteiger partial charge on any atom is -0.444 e. The number of benzene rings is 1. The van der Waals surface area contributed by atoms with E-state index in [9.17, 15) is 9.59 Å². The summed E-state index contributed by atoms with van der Waals surface area (Å²) < 4.78 is 5.10. The molecule has 0 saturated heterocycles. The third-order valence-corrected chi connectivity index (χ3v) is 2.60. The van der Waals surface area contributed by atoms with E-state index < -0.39 is 11.7 Å². The number of ether oxygens (including phenoxy) is 1. The van der Waals surface area contributed by atoms with E-state index in [1.54, 1.807) is 26.8 Å². The summed E-state index contributed by atoms with van der Waals surface area (Å²) in [6.45, 7) is 5.28. The Kier molecular flexibility index (Phi) is 5.20. The predicted octanol–water partition coefficient (Wildman–Crippen LogP) is 4.11. The van der Waals surface area contributed by atoms with Gasteiger partial charge in [0, 0.05) is 5.56 Å². The number of Topliss-reactive ketones (excluding diaryl/α,β-unsaturated/α-hetero) is 1. The summed E-state index contributed by atoms with van der Waals surface area (Å²) in [6, 6.07) is 4.54. The fourth-order valence-electron chi connectivity index (χ4n) is 1.28. The molecule has 4 nitrogen and oxygen atoms in total. The molecule has 1 rings (SSSR count). The normalized spacial score (nSPS) is 11.0. The second-order valence-corrected chi connectivity index (χ2v) is 5.55. The van der Waals surface area contributed by atoms with Crippen LogP contribution in [0.4, 0.5) is 10.5 Å². The van der Waals surface area contributed by atoms with E-state index in [1.807, 2.05) is 0 Å².